The van der Waals surface area contributed by atoms with Gasteiger partial charge in [-0.2, -0.15) is 0 Å². The van der Waals surface area contributed by atoms with Gasteiger partial charge >= 0.3 is 0 Å². The van der Waals surface area contributed by atoms with Gasteiger partial charge in [0.2, 0.25) is 0 Å². The molecule has 4 aromatic heterocycles. The minimum Gasteiger partial charge on any atom is -0.311 e. The van der Waals surface area contributed by atoms with Crippen molar-refractivity contribution in [2.75, 3.05) is 9.80 Å². The Morgan fingerprint density at radius 1 is 0.188 bits per heavy atom. The predicted molar refractivity (Wildman–Crippen MR) is 564 cm³/mol. The molecule has 0 radical (unpaired) electrons. The fraction of sp³-hybridized carbons (Fsp3) is 0.0323. The quantitative estimate of drug-likeness (QED) is 0.135. The Bertz CT molecular complexity index is 9130. The lowest BCUT2D eigenvalue weighted by atomic mass is 9.28. The summed E-state index contributed by atoms with van der Waals surface area (Å²) in [7, 11) is 0. The first-order valence-electron chi connectivity index (χ1n) is 46.8. The average molecular weight is 1690 g/mol. The second kappa shape index (κ2) is 27.0. The molecule has 0 aliphatic carbocycles. The zero-order chi connectivity index (χ0) is 87.1. The molecule has 30 rings (SSSR count). The van der Waals surface area contributed by atoms with Crippen molar-refractivity contribution in [3.05, 3.63) is 430 Å². The van der Waals surface area contributed by atoms with Crippen LogP contribution in [0.1, 0.15) is 26.3 Å². The Labute approximate surface area is 770 Å². The van der Waals surface area contributed by atoms with Crippen LogP contribution in [0.15, 0.2) is 425 Å². The number of anilines is 6. The number of fused-ring (bicyclic) bond motifs is 27. The SMILES string of the molecule is CC(C)(C)c1cc2c3c(c1)N(c1c(-c4ccccc4)cccc1-c1ccccc1)c1cc4c5c(c1B3c1ccc(-c3ccccc3)cc1N2c1c(-c2ccccc2)cccc1-c1ccccc1)-n1c2ccccc2c2cccc(c21)B5c1c2c3c(c5c6ccccc6n-4c15)-n1c4ccccc4c4c(-c5ccccc5)ccc(c41)B3c1ccc(-c3ccccc3)c3c4ccccc4n-2c13. The van der Waals surface area contributed by atoms with E-state index in [0.717, 1.165) is 101 Å². The molecule has 24 aromatic rings. The Kier molecular flexibility index (Phi) is 14.9. The zero-order valence-electron chi connectivity index (χ0n) is 73.3. The van der Waals surface area contributed by atoms with E-state index in [1.165, 1.54) is 176 Å². The van der Waals surface area contributed by atoms with Crippen molar-refractivity contribution in [1.82, 2.24) is 18.3 Å². The molecular weight excluding hydrogens is 1610 g/mol. The molecule has 0 saturated heterocycles. The van der Waals surface area contributed by atoms with Crippen LogP contribution in [0.5, 0.6) is 0 Å². The van der Waals surface area contributed by atoms with E-state index in [-0.39, 0.29) is 18.8 Å². The number of hydrogen-bond donors (Lipinski definition) is 0. The van der Waals surface area contributed by atoms with E-state index in [1.807, 2.05) is 0 Å². The molecule has 0 bridgehead atoms. The van der Waals surface area contributed by atoms with E-state index < -0.39 is 6.71 Å². The highest BCUT2D eigenvalue weighted by molar-refractivity contribution is 7.06. The number of nitrogens with zero attached hydrogens (tertiary/aromatic N) is 6. The van der Waals surface area contributed by atoms with Crippen LogP contribution in [-0.4, -0.2) is 38.4 Å². The largest absolute Gasteiger partial charge is 0.311 e. The van der Waals surface area contributed by atoms with Gasteiger partial charge in [-0.05, 0) is 164 Å². The summed E-state index contributed by atoms with van der Waals surface area (Å²) in [5, 5.41) is 9.97. The minimum atomic E-state index is -0.413. The summed E-state index contributed by atoms with van der Waals surface area (Å²) >= 11 is 0. The van der Waals surface area contributed by atoms with Crippen molar-refractivity contribution >= 4 is 191 Å². The van der Waals surface area contributed by atoms with Gasteiger partial charge in [-0.3, -0.25) is 0 Å². The van der Waals surface area contributed by atoms with Crippen molar-refractivity contribution in [3.8, 4) is 101 Å². The molecule has 133 heavy (non-hydrogen) atoms. The minimum absolute atomic E-state index is 0.224. The summed E-state index contributed by atoms with van der Waals surface area (Å²) in [6.07, 6.45) is 0. The first-order valence-corrected chi connectivity index (χ1v) is 46.8. The maximum absolute atomic E-state index is 2.83. The maximum atomic E-state index is 2.83. The monoisotopic (exact) mass is 1680 g/mol. The molecule has 10 heterocycles. The van der Waals surface area contributed by atoms with Crippen LogP contribution in [0.3, 0.4) is 0 Å². The number of hydrogen-bond acceptors (Lipinski definition) is 2. The Hall–Kier alpha value is -16.6. The molecule has 0 fully saturated rings. The molecule has 6 aliphatic heterocycles. The molecule has 20 aromatic carbocycles. The van der Waals surface area contributed by atoms with Crippen LogP contribution in [0.25, 0.3) is 188 Å². The van der Waals surface area contributed by atoms with Crippen LogP contribution in [0.4, 0.5) is 34.1 Å². The zero-order valence-corrected chi connectivity index (χ0v) is 73.3. The van der Waals surface area contributed by atoms with E-state index >= 15 is 0 Å². The second-order valence-electron chi connectivity index (χ2n) is 38.2. The molecule has 9 heteroatoms. The number of aromatic nitrogens is 4. The van der Waals surface area contributed by atoms with Crippen molar-refractivity contribution in [1.29, 1.82) is 0 Å². The molecule has 614 valence electrons. The van der Waals surface area contributed by atoms with Gasteiger partial charge in [-0.15, -0.1) is 0 Å². The first-order chi connectivity index (χ1) is 65.8. The van der Waals surface area contributed by atoms with Gasteiger partial charge in [0.05, 0.1) is 50.2 Å². The van der Waals surface area contributed by atoms with E-state index in [9.17, 15) is 0 Å². The van der Waals surface area contributed by atoms with Crippen molar-refractivity contribution in [2.45, 2.75) is 26.2 Å². The first kappa shape index (κ1) is 73.3. The molecular formula is C124H79B3N6. The van der Waals surface area contributed by atoms with Crippen LogP contribution in [0, 0.1) is 0 Å². The summed E-state index contributed by atoms with van der Waals surface area (Å²) in [5.74, 6) is 0. The predicted octanol–water partition coefficient (Wildman–Crippen LogP) is 25.4. The lowest BCUT2D eigenvalue weighted by molar-refractivity contribution is 0.590. The normalized spacial score (nSPS) is 13.3. The molecule has 0 unspecified atom stereocenters. The van der Waals surface area contributed by atoms with Crippen LogP contribution >= 0.6 is 0 Å². The van der Waals surface area contributed by atoms with E-state index in [1.54, 1.807) is 0 Å². The summed E-state index contributed by atoms with van der Waals surface area (Å²) in [6, 6.07) is 163. The van der Waals surface area contributed by atoms with Gasteiger partial charge < -0.3 is 28.1 Å². The summed E-state index contributed by atoms with van der Waals surface area (Å²) < 4.78 is 11.3. The molecule has 0 amide bonds. The van der Waals surface area contributed by atoms with Gasteiger partial charge in [0.15, 0.2) is 0 Å². The highest BCUT2D eigenvalue weighted by Crippen LogP contribution is 2.58. The maximum Gasteiger partial charge on any atom is 0.254 e. The summed E-state index contributed by atoms with van der Waals surface area (Å²) in [5.41, 5.74) is 50.1. The summed E-state index contributed by atoms with van der Waals surface area (Å²) in [4.78, 5) is 5.58. The summed E-state index contributed by atoms with van der Waals surface area (Å²) in [6.45, 7) is 6.26. The average Bonchev–Trinajstić information content (AvgIpc) is 1.51. The smallest absolute Gasteiger partial charge is 0.254 e. The Balaban J connectivity index is 0.842. The lowest BCUT2D eigenvalue weighted by Crippen LogP contribution is -2.68. The molecule has 0 atom stereocenters. The molecule has 0 N–H and O–H groups in total. The number of para-hydroxylation sites is 7. The molecule has 6 nitrogen and oxygen atoms in total. The molecule has 0 spiro atoms. The lowest BCUT2D eigenvalue weighted by Gasteiger charge is -2.48. The number of benzene rings is 20. The van der Waals surface area contributed by atoms with Crippen molar-refractivity contribution < 1.29 is 0 Å². The van der Waals surface area contributed by atoms with Crippen LogP contribution < -0.4 is 59.0 Å². The fourth-order valence-electron chi connectivity index (χ4n) is 25.4. The van der Waals surface area contributed by atoms with Gasteiger partial charge in [-0.1, -0.05) is 397 Å². The highest BCUT2D eigenvalue weighted by Gasteiger charge is 2.55. The van der Waals surface area contributed by atoms with E-state index in [2.05, 4.69) is 473 Å². The van der Waals surface area contributed by atoms with Crippen molar-refractivity contribution in [3.63, 3.8) is 0 Å². The second-order valence-corrected chi connectivity index (χ2v) is 38.2. The number of rotatable bonds is 9. The van der Waals surface area contributed by atoms with E-state index in [4.69, 9.17) is 0 Å². The third-order valence-electron chi connectivity index (χ3n) is 30.6. The molecule has 6 aliphatic rings. The van der Waals surface area contributed by atoms with Gasteiger partial charge in [0.1, 0.15) is 0 Å². The fourth-order valence-corrected chi connectivity index (χ4v) is 25.4. The van der Waals surface area contributed by atoms with Gasteiger partial charge in [0, 0.05) is 116 Å². The van der Waals surface area contributed by atoms with Gasteiger partial charge in [0.25, 0.3) is 20.1 Å². The Morgan fingerprint density at radius 2 is 0.541 bits per heavy atom. The van der Waals surface area contributed by atoms with Crippen LogP contribution in [0.2, 0.25) is 0 Å². The third-order valence-corrected chi connectivity index (χ3v) is 30.6. The van der Waals surface area contributed by atoms with Crippen molar-refractivity contribution in [2.24, 2.45) is 0 Å². The third kappa shape index (κ3) is 9.74. The van der Waals surface area contributed by atoms with Crippen LogP contribution in [-0.2, 0) is 5.41 Å². The Morgan fingerprint density at radius 3 is 1.03 bits per heavy atom. The topological polar surface area (TPSA) is 26.2 Å². The molecule has 0 saturated carbocycles. The van der Waals surface area contributed by atoms with Gasteiger partial charge in [-0.25, -0.2) is 0 Å². The van der Waals surface area contributed by atoms with E-state index in [0.29, 0.717) is 0 Å². The highest BCUT2D eigenvalue weighted by atomic mass is 15.2. The standard InChI is InChI=1S/C124H79B3N6/c1-124(2,3)82-71-103-110-104(72-82)130(116-87(79-46-21-9-22-47-79)56-34-57-88(116)80-48-23-10-24-49-80)106-73-105-112-122(111(106)126(110)94-67-64-81(74-36-11-4-12-37-74)70-102(94)129(103)115-85(77-42-17-7-18-43-77)54-33-55-86(115)78-44-19-8-20-45-78)131-98-60-29-25-50-89(98)90-58-35-59-95(117(90)131)127(112)114-120-109(93-53-28-30-61-99(93)128(105)120)121-113-123(114)133-101-63-32-27-52-92(101)108-84(76-40-15-6-16-41-76)66-69-97(119(108)133)125(113)96-68-65-83(75-38-13-5-14-39-75)107-91-51-26-31-62-100(91)132(121)118(96)107/h4-73H,1-3H3.